The molecule has 2 aromatic carbocycles. The molecule has 0 saturated carbocycles. The fourth-order valence-electron chi connectivity index (χ4n) is 3.03. The van der Waals surface area contributed by atoms with Gasteiger partial charge in [0.15, 0.2) is 0 Å². The van der Waals surface area contributed by atoms with Gasteiger partial charge in [-0.05, 0) is 55.3 Å². The average Bonchev–Trinajstić information content (AvgIpc) is 3.10. The van der Waals surface area contributed by atoms with Crippen LogP contribution < -0.4 is 15.2 Å². The molecule has 154 valence electrons. The van der Waals surface area contributed by atoms with Crippen molar-refractivity contribution in [3.63, 3.8) is 0 Å². The molecule has 8 nitrogen and oxygen atoms in total. The van der Waals surface area contributed by atoms with E-state index in [-0.39, 0.29) is 17.0 Å². The number of sulfonamides is 1. The fraction of sp³-hybridized carbons (Fsp3) is 0.250. The highest BCUT2D eigenvalue weighted by atomic mass is 32.2. The SMILES string of the molecule is NCCc1c[nH]c2ccc(OCCCNS(=O)(=O)c3ccccc3C(=O)O)cc12. The average molecular weight is 417 g/mol. The van der Waals surface area contributed by atoms with E-state index in [1.807, 2.05) is 24.4 Å². The number of hydrogen-bond acceptors (Lipinski definition) is 5. The zero-order valence-electron chi connectivity index (χ0n) is 15.7. The number of hydrogen-bond donors (Lipinski definition) is 4. The number of ether oxygens (including phenoxy) is 1. The third-order valence-electron chi connectivity index (χ3n) is 4.44. The molecule has 0 unspecified atom stereocenters. The third kappa shape index (κ3) is 4.94. The van der Waals surface area contributed by atoms with Gasteiger partial charge in [-0.2, -0.15) is 0 Å². The van der Waals surface area contributed by atoms with Crippen molar-refractivity contribution in [2.45, 2.75) is 17.7 Å². The lowest BCUT2D eigenvalue weighted by Gasteiger charge is -2.10. The zero-order chi connectivity index (χ0) is 20.9. The summed E-state index contributed by atoms with van der Waals surface area (Å²) in [6.07, 6.45) is 3.13. The van der Waals surface area contributed by atoms with Crippen LogP contribution in [0.15, 0.2) is 53.6 Å². The minimum absolute atomic E-state index is 0.126. The number of aromatic carboxylic acids is 1. The Kier molecular flexibility index (Phi) is 6.53. The molecule has 0 bridgehead atoms. The number of benzene rings is 2. The largest absolute Gasteiger partial charge is 0.494 e. The Bertz CT molecular complexity index is 1110. The molecule has 0 saturated heterocycles. The Balaban J connectivity index is 1.55. The van der Waals surface area contributed by atoms with Gasteiger partial charge in [-0.1, -0.05) is 12.1 Å². The molecule has 0 aliphatic carbocycles. The van der Waals surface area contributed by atoms with Crippen LogP contribution in [0.2, 0.25) is 0 Å². The number of fused-ring (bicyclic) bond motifs is 1. The van der Waals surface area contributed by atoms with Gasteiger partial charge in [0.25, 0.3) is 0 Å². The van der Waals surface area contributed by atoms with E-state index in [4.69, 9.17) is 15.6 Å². The number of aromatic nitrogens is 1. The minimum Gasteiger partial charge on any atom is -0.494 e. The topological polar surface area (TPSA) is 135 Å². The van der Waals surface area contributed by atoms with Gasteiger partial charge >= 0.3 is 5.97 Å². The van der Waals surface area contributed by atoms with Crippen LogP contribution in [0.1, 0.15) is 22.3 Å². The van der Waals surface area contributed by atoms with Gasteiger partial charge in [-0.15, -0.1) is 0 Å². The number of rotatable bonds is 10. The van der Waals surface area contributed by atoms with Crippen LogP contribution in [0.3, 0.4) is 0 Å². The van der Waals surface area contributed by atoms with Crippen LogP contribution in [0.5, 0.6) is 5.75 Å². The Morgan fingerprint density at radius 1 is 1.21 bits per heavy atom. The van der Waals surface area contributed by atoms with E-state index < -0.39 is 16.0 Å². The highest BCUT2D eigenvalue weighted by Gasteiger charge is 2.21. The Morgan fingerprint density at radius 3 is 2.76 bits per heavy atom. The quantitative estimate of drug-likeness (QED) is 0.373. The lowest BCUT2D eigenvalue weighted by atomic mass is 10.1. The van der Waals surface area contributed by atoms with Gasteiger partial charge in [0.1, 0.15) is 5.75 Å². The Hall–Kier alpha value is -2.88. The van der Waals surface area contributed by atoms with Crippen molar-refractivity contribution in [3.8, 4) is 5.75 Å². The molecule has 0 amide bonds. The number of nitrogens with one attached hydrogen (secondary N) is 2. The van der Waals surface area contributed by atoms with Crippen LogP contribution in [-0.4, -0.2) is 44.2 Å². The summed E-state index contributed by atoms with van der Waals surface area (Å²) in [5.74, 6) is -0.599. The summed E-state index contributed by atoms with van der Waals surface area (Å²) in [5.41, 5.74) is 7.50. The summed E-state index contributed by atoms with van der Waals surface area (Å²) in [6.45, 7) is 0.996. The molecule has 1 aromatic heterocycles. The first kappa shape index (κ1) is 20.8. The number of aromatic amines is 1. The van der Waals surface area contributed by atoms with Crippen molar-refractivity contribution < 1.29 is 23.1 Å². The number of H-pyrrole nitrogens is 1. The van der Waals surface area contributed by atoms with Crippen molar-refractivity contribution in [1.29, 1.82) is 0 Å². The molecule has 0 atom stereocenters. The van der Waals surface area contributed by atoms with E-state index in [0.717, 1.165) is 22.9 Å². The predicted octanol–water partition coefficient (Wildman–Crippen LogP) is 2.11. The van der Waals surface area contributed by atoms with E-state index >= 15 is 0 Å². The maximum absolute atomic E-state index is 12.4. The standard InChI is InChI=1S/C20H23N3O5S/c21-9-8-14-13-22-18-7-6-15(12-17(14)18)28-11-3-10-23-29(26,27)19-5-2-1-4-16(19)20(24)25/h1-2,4-7,12-13,22-23H,3,8-11,21H2,(H,24,25). The van der Waals surface area contributed by atoms with E-state index in [1.54, 1.807) is 0 Å². The first-order valence-electron chi connectivity index (χ1n) is 9.17. The first-order valence-corrected chi connectivity index (χ1v) is 10.7. The molecule has 3 rings (SSSR count). The minimum atomic E-state index is -3.92. The Labute approximate surface area is 168 Å². The van der Waals surface area contributed by atoms with Crippen molar-refractivity contribution >= 4 is 26.9 Å². The van der Waals surface area contributed by atoms with Gasteiger partial charge in [0.05, 0.1) is 17.1 Å². The second-order valence-corrected chi connectivity index (χ2v) is 8.20. The summed E-state index contributed by atoms with van der Waals surface area (Å²) in [4.78, 5) is 14.2. The predicted molar refractivity (Wildman–Crippen MR) is 110 cm³/mol. The number of nitrogens with two attached hydrogens (primary N) is 1. The monoisotopic (exact) mass is 417 g/mol. The number of carboxylic acids is 1. The van der Waals surface area contributed by atoms with E-state index in [1.165, 1.54) is 24.3 Å². The van der Waals surface area contributed by atoms with E-state index in [9.17, 15) is 13.2 Å². The molecule has 9 heteroatoms. The molecule has 3 aromatic rings. The van der Waals surface area contributed by atoms with E-state index in [2.05, 4.69) is 9.71 Å². The van der Waals surface area contributed by atoms with Crippen molar-refractivity contribution in [2.75, 3.05) is 19.7 Å². The van der Waals surface area contributed by atoms with Crippen molar-refractivity contribution in [1.82, 2.24) is 9.71 Å². The molecule has 29 heavy (non-hydrogen) atoms. The molecular formula is C20H23N3O5S. The molecule has 0 aliphatic rings. The van der Waals surface area contributed by atoms with Gasteiger partial charge in [0, 0.05) is 23.6 Å². The van der Waals surface area contributed by atoms with Crippen LogP contribution >= 0.6 is 0 Å². The normalized spacial score (nSPS) is 11.6. The summed E-state index contributed by atoms with van der Waals surface area (Å²) in [7, 11) is -3.92. The zero-order valence-corrected chi connectivity index (χ0v) is 16.5. The summed E-state index contributed by atoms with van der Waals surface area (Å²) in [5, 5.41) is 10.2. The molecule has 0 spiro atoms. The maximum Gasteiger partial charge on any atom is 0.337 e. The fourth-order valence-corrected chi connectivity index (χ4v) is 4.30. The van der Waals surface area contributed by atoms with Crippen LogP contribution in [0.25, 0.3) is 10.9 Å². The molecular weight excluding hydrogens is 394 g/mol. The van der Waals surface area contributed by atoms with Gasteiger partial charge < -0.3 is 20.6 Å². The molecule has 5 N–H and O–H groups in total. The van der Waals surface area contributed by atoms with Crippen LogP contribution in [0, 0.1) is 0 Å². The molecule has 1 heterocycles. The van der Waals surface area contributed by atoms with Crippen molar-refractivity contribution in [3.05, 3.63) is 59.8 Å². The second-order valence-electron chi connectivity index (χ2n) is 6.46. The molecule has 0 fully saturated rings. The van der Waals surface area contributed by atoms with E-state index in [0.29, 0.717) is 25.3 Å². The summed E-state index contributed by atoms with van der Waals surface area (Å²) >= 11 is 0. The van der Waals surface area contributed by atoms with Crippen LogP contribution in [0.4, 0.5) is 0 Å². The summed E-state index contributed by atoms with van der Waals surface area (Å²) < 4.78 is 32.9. The highest BCUT2D eigenvalue weighted by molar-refractivity contribution is 7.89. The van der Waals surface area contributed by atoms with Crippen molar-refractivity contribution in [2.24, 2.45) is 5.73 Å². The first-order chi connectivity index (χ1) is 13.9. The second kappa shape index (κ2) is 9.08. The van der Waals surface area contributed by atoms with Gasteiger partial charge in [-0.3, -0.25) is 0 Å². The lowest BCUT2D eigenvalue weighted by Crippen LogP contribution is -2.27. The summed E-state index contributed by atoms with van der Waals surface area (Å²) in [6, 6.07) is 11.2. The third-order valence-corrected chi connectivity index (χ3v) is 5.96. The lowest BCUT2D eigenvalue weighted by molar-refractivity contribution is 0.0692. The van der Waals surface area contributed by atoms with Gasteiger partial charge in [0.2, 0.25) is 10.0 Å². The molecule has 0 radical (unpaired) electrons. The maximum atomic E-state index is 12.4. The number of carbonyl (C=O) groups is 1. The van der Waals surface area contributed by atoms with Gasteiger partial charge in [-0.25, -0.2) is 17.9 Å². The number of carboxylic acid groups (broad SMARTS) is 1. The molecule has 0 aliphatic heterocycles. The highest BCUT2D eigenvalue weighted by Crippen LogP contribution is 2.24. The van der Waals surface area contributed by atoms with Crippen LogP contribution in [-0.2, 0) is 16.4 Å². The Morgan fingerprint density at radius 2 is 2.00 bits per heavy atom. The smallest absolute Gasteiger partial charge is 0.337 e.